The molecule has 0 spiro atoms. The molecule has 110 valence electrons. The fraction of sp³-hybridized carbons (Fsp3) is 0.385. The van der Waals surface area contributed by atoms with E-state index in [1.54, 1.807) is 19.9 Å². The van der Waals surface area contributed by atoms with Gasteiger partial charge in [0.15, 0.2) is 0 Å². The van der Waals surface area contributed by atoms with Gasteiger partial charge in [0.05, 0.1) is 0 Å². The maximum Gasteiger partial charge on any atom is 0.326 e. The Morgan fingerprint density at radius 3 is 2.50 bits per heavy atom. The number of urea groups is 1. The largest absolute Gasteiger partial charge is 0.480 e. The number of nitrogens with one attached hydrogen (secondary N) is 2. The van der Waals surface area contributed by atoms with E-state index in [1.165, 1.54) is 12.1 Å². The molecule has 0 fully saturated rings. The van der Waals surface area contributed by atoms with Crippen molar-refractivity contribution in [1.82, 2.24) is 10.6 Å². The molecule has 1 aromatic rings. The van der Waals surface area contributed by atoms with Gasteiger partial charge in [-0.1, -0.05) is 29.8 Å². The van der Waals surface area contributed by atoms with Crippen molar-refractivity contribution >= 4 is 27.9 Å². The fourth-order valence-electron chi connectivity index (χ4n) is 1.60. The number of hydrogen-bond acceptors (Lipinski definition) is 2. The average molecular weight is 347 g/mol. The van der Waals surface area contributed by atoms with Gasteiger partial charge in [-0.05, 0) is 29.7 Å². The number of benzene rings is 1. The van der Waals surface area contributed by atoms with E-state index < -0.39 is 23.9 Å². The number of carboxylic acids is 1. The number of aliphatic carboxylic acids is 1. The molecule has 7 heteroatoms. The molecule has 3 N–H and O–H groups in total. The predicted octanol–water partition coefficient (Wildman–Crippen LogP) is 2.50. The smallest absolute Gasteiger partial charge is 0.326 e. The average Bonchev–Trinajstić information content (AvgIpc) is 2.31. The van der Waals surface area contributed by atoms with Crippen LogP contribution in [0.3, 0.4) is 0 Å². The first-order valence-electron chi connectivity index (χ1n) is 6.01. The van der Waals surface area contributed by atoms with Crippen molar-refractivity contribution in [2.24, 2.45) is 5.92 Å². The van der Waals surface area contributed by atoms with Crippen LogP contribution in [-0.2, 0) is 11.3 Å². The van der Waals surface area contributed by atoms with Gasteiger partial charge in [-0.15, -0.1) is 0 Å². The number of rotatable bonds is 5. The monoisotopic (exact) mass is 346 g/mol. The SMILES string of the molecule is CC(C)C(NC(=O)NCc1cc(F)cc(Br)c1)C(=O)O. The minimum Gasteiger partial charge on any atom is -0.480 e. The molecule has 0 radical (unpaired) electrons. The van der Waals surface area contributed by atoms with E-state index in [0.717, 1.165) is 0 Å². The lowest BCUT2D eigenvalue weighted by molar-refractivity contribution is -0.140. The summed E-state index contributed by atoms with van der Waals surface area (Å²) in [5.41, 5.74) is 0.573. The highest BCUT2D eigenvalue weighted by molar-refractivity contribution is 9.10. The van der Waals surface area contributed by atoms with Crippen molar-refractivity contribution in [2.45, 2.75) is 26.4 Å². The van der Waals surface area contributed by atoms with Gasteiger partial charge in [0.2, 0.25) is 0 Å². The van der Waals surface area contributed by atoms with Crippen LogP contribution < -0.4 is 10.6 Å². The number of carboxylic acid groups (broad SMARTS) is 1. The molecule has 1 aromatic carbocycles. The minimum atomic E-state index is -1.09. The Hall–Kier alpha value is -1.63. The van der Waals surface area contributed by atoms with Crippen LogP contribution in [0.15, 0.2) is 22.7 Å². The van der Waals surface area contributed by atoms with E-state index in [-0.39, 0.29) is 12.5 Å². The first kappa shape index (κ1) is 16.4. The Kier molecular flexibility index (Phi) is 5.94. The summed E-state index contributed by atoms with van der Waals surface area (Å²) in [5.74, 6) is -1.74. The second-order valence-corrected chi connectivity index (χ2v) is 5.58. The van der Waals surface area contributed by atoms with Crippen LogP contribution in [0.1, 0.15) is 19.4 Å². The predicted molar refractivity (Wildman–Crippen MR) is 75.7 cm³/mol. The Morgan fingerprint density at radius 2 is 2.00 bits per heavy atom. The molecule has 0 aromatic heterocycles. The van der Waals surface area contributed by atoms with E-state index >= 15 is 0 Å². The normalized spacial score (nSPS) is 12.1. The Morgan fingerprint density at radius 1 is 1.35 bits per heavy atom. The van der Waals surface area contributed by atoms with Gasteiger partial charge in [-0.2, -0.15) is 0 Å². The van der Waals surface area contributed by atoms with Crippen LogP contribution in [-0.4, -0.2) is 23.1 Å². The standard InChI is InChI=1S/C13H16BrFN2O3/c1-7(2)11(12(18)19)17-13(20)16-6-8-3-9(14)5-10(15)4-8/h3-5,7,11H,6H2,1-2H3,(H,18,19)(H2,16,17,20). The van der Waals surface area contributed by atoms with Crippen molar-refractivity contribution in [1.29, 1.82) is 0 Å². The maximum absolute atomic E-state index is 13.1. The summed E-state index contributed by atoms with van der Waals surface area (Å²) in [7, 11) is 0. The molecule has 0 saturated heterocycles. The number of hydrogen-bond donors (Lipinski definition) is 3. The molecule has 0 heterocycles. The van der Waals surface area contributed by atoms with Gasteiger partial charge >= 0.3 is 12.0 Å². The van der Waals surface area contributed by atoms with Gasteiger partial charge < -0.3 is 15.7 Å². The molecule has 5 nitrogen and oxygen atoms in total. The Labute approximate surface area is 124 Å². The zero-order valence-electron chi connectivity index (χ0n) is 11.1. The molecule has 0 aliphatic rings. The molecule has 2 amide bonds. The highest BCUT2D eigenvalue weighted by Gasteiger charge is 2.23. The van der Waals surface area contributed by atoms with Crippen molar-refractivity contribution < 1.29 is 19.1 Å². The Bertz CT molecular complexity index is 488. The van der Waals surface area contributed by atoms with E-state index in [0.29, 0.717) is 10.0 Å². The quantitative estimate of drug-likeness (QED) is 0.766. The second kappa shape index (κ2) is 7.23. The summed E-state index contributed by atoms with van der Waals surface area (Å²) in [6, 6.07) is 2.70. The topological polar surface area (TPSA) is 78.4 Å². The van der Waals surface area contributed by atoms with E-state index in [4.69, 9.17) is 5.11 Å². The lowest BCUT2D eigenvalue weighted by Crippen LogP contribution is -2.48. The molecule has 0 bridgehead atoms. The van der Waals surface area contributed by atoms with Gasteiger partial charge in [0.1, 0.15) is 11.9 Å². The maximum atomic E-state index is 13.1. The molecule has 1 unspecified atom stereocenters. The zero-order valence-corrected chi connectivity index (χ0v) is 12.7. The summed E-state index contributed by atoms with van der Waals surface area (Å²) in [4.78, 5) is 22.6. The van der Waals surface area contributed by atoms with Crippen LogP contribution in [0.5, 0.6) is 0 Å². The summed E-state index contributed by atoms with van der Waals surface area (Å²) < 4.78 is 13.7. The van der Waals surface area contributed by atoms with Crippen LogP contribution in [0.25, 0.3) is 0 Å². The van der Waals surface area contributed by atoms with Gasteiger partial charge in [0.25, 0.3) is 0 Å². The minimum absolute atomic E-state index is 0.104. The van der Waals surface area contributed by atoms with E-state index in [9.17, 15) is 14.0 Å². The van der Waals surface area contributed by atoms with Crippen molar-refractivity contribution in [3.63, 3.8) is 0 Å². The lowest BCUT2D eigenvalue weighted by Gasteiger charge is -2.18. The van der Waals surface area contributed by atoms with E-state index in [2.05, 4.69) is 26.6 Å². The third-order valence-corrected chi connectivity index (χ3v) is 3.05. The van der Waals surface area contributed by atoms with E-state index in [1.807, 2.05) is 0 Å². The fourth-order valence-corrected chi connectivity index (χ4v) is 2.11. The molecular formula is C13H16BrFN2O3. The zero-order chi connectivity index (χ0) is 15.3. The third kappa shape index (κ3) is 5.16. The summed E-state index contributed by atoms with van der Waals surface area (Å²) in [6.07, 6.45) is 0. The highest BCUT2D eigenvalue weighted by atomic mass is 79.9. The van der Waals surface area contributed by atoms with Crippen molar-refractivity contribution in [3.05, 3.63) is 34.1 Å². The van der Waals surface area contributed by atoms with Gasteiger partial charge in [-0.25, -0.2) is 14.0 Å². The molecule has 0 aliphatic carbocycles. The van der Waals surface area contributed by atoms with Crippen molar-refractivity contribution in [3.8, 4) is 0 Å². The number of halogens is 2. The molecular weight excluding hydrogens is 331 g/mol. The summed E-state index contributed by atoms with van der Waals surface area (Å²) in [6.45, 7) is 3.50. The van der Waals surface area contributed by atoms with Crippen LogP contribution in [0, 0.1) is 11.7 Å². The first-order chi connectivity index (χ1) is 9.29. The lowest BCUT2D eigenvalue weighted by atomic mass is 10.1. The van der Waals surface area contributed by atoms with Gasteiger partial charge in [0, 0.05) is 11.0 Å². The number of carbonyl (C=O) groups is 2. The van der Waals surface area contributed by atoms with Crippen LogP contribution in [0.2, 0.25) is 0 Å². The van der Waals surface area contributed by atoms with Crippen LogP contribution >= 0.6 is 15.9 Å². The second-order valence-electron chi connectivity index (χ2n) is 4.66. The number of amides is 2. The van der Waals surface area contributed by atoms with Gasteiger partial charge in [-0.3, -0.25) is 0 Å². The van der Waals surface area contributed by atoms with Crippen molar-refractivity contribution in [2.75, 3.05) is 0 Å². The van der Waals surface area contributed by atoms with Crippen LogP contribution in [0.4, 0.5) is 9.18 Å². The molecule has 1 atom stereocenters. The third-order valence-electron chi connectivity index (χ3n) is 2.59. The number of carbonyl (C=O) groups excluding carboxylic acids is 1. The molecule has 0 saturated carbocycles. The first-order valence-corrected chi connectivity index (χ1v) is 6.81. The molecule has 20 heavy (non-hydrogen) atoms. The molecule has 0 aliphatic heterocycles. The Balaban J connectivity index is 2.56. The molecule has 1 rings (SSSR count). The summed E-state index contributed by atoms with van der Waals surface area (Å²) in [5, 5.41) is 13.8. The highest BCUT2D eigenvalue weighted by Crippen LogP contribution is 2.14. The summed E-state index contributed by atoms with van der Waals surface area (Å²) >= 11 is 3.15.